The molecule has 0 bridgehead atoms. The van der Waals surface area contributed by atoms with Crippen molar-refractivity contribution in [3.05, 3.63) is 123 Å². The van der Waals surface area contributed by atoms with Crippen molar-refractivity contribution in [2.24, 2.45) is 0 Å². The summed E-state index contributed by atoms with van der Waals surface area (Å²) in [5, 5.41) is 1.05. The summed E-state index contributed by atoms with van der Waals surface area (Å²) in [7, 11) is 1.54. The zero-order valence-electron chi connectivity index (χ0n) is 20.6. The maximum Gasteiger partial charge on any atom is 0.266 e. The van der Waals surface area contributed by atoms with E-state index in [0.717, 1.165) is 0 Å². The van der Waals surface area contributed by atoms with Crippen molar-refractivity contribution in [3.8, 4) is 11.4 Å². The summed E-state index contributed by atoms with van der Waals surface area (Å²) in [6.07, 6.45) is 1.54. The van der Waals surface area contributed by atoms with Gasteiger partial charge < -0.3 is 14.1 Å². The molecule has 0 radical (unpaired) electrons. The number of fused-ring (bicyclic) bond motifs is 1. The molecule has 7 nitrogen and oxygen atoms in total. The lowest BCUT2D eigenvalue weighted by molar-refractivity contribution is 0.0648. The second-order valence-corrected chi connectivity index (χ2v) is 9.43. The monoisotopic (exact) mass is 547 g/mol. The molecular weight excluding hydrogens is 525 g/mol. The van der Waals surface area contributed by atoms with Gasteiger partial charge >= 0.3 is 0 Å². The Morgan fingerprint density at radius 3 is 2.53 bits per heavy atom. The van der Waals surface area contributed by atoms with Crippen LogP contribution >= 0.6 is 23.2 Å². The standard InChI is InChI=1S/C29H23Cl2N3O4/c1-18(33(17-20-8-7-15-38-20)28(35)19-13-14-22(30)23(31)16-19)27-32-24-10-4-3-9-21(24)29(36)34(27)25-11-5-6-12-26(25)37-2/h3-16,18H,17H2,1-2H3. The van der Waals surface area contributed by atoms with Gasteiger partial charge in [-0.25, -0.2) is 4.98 Å². The van der Waals surface area contributed by atoms with Crippen molar-refractivity contribution < 1.29 is 13.9 Å². The van der Waals surface area contributed by atoms with E-state index in [1.54, 1.807) is 72.9 Å². The Hall–Kier alpha value is -4.07. The van der Waals surface area contributed by atoms with Gasteiger partial charge in [-0.15, -0.1) is 0 Å². The van der Waals surface area contributed by atoms with E-state index in [-0.39, 0.29) is 23.0 Å². The van der Waals surface area contributed by atoms with Crippen LogP contribution in [0.3, 0.4) is 0 Å². The third kappa shape index (κ3) is 4.78. The summed E-state index contributed by atoms with van der Waals surface area (Å²) in [4.78, 5) is 34.3. The van der Waals surface area contributed by atoms with Crippen LogP contribution < -0.4 is 10.3 Å². The number of rotatable bonds is 7. The first kappa shape index (κ1) is 25.6. The number of carbonyl (C=O) groups excluding carboxylic acids is 1. The van der Waals surface area contributed by atoms with Gasteiger partial charge in [0.15, 0.2) is 0 Å². The molecule has 5 aromatic rings. The molecule has 1 atom stereocenters. The number of furan rings is 1. The van der Waals surface area contributed by atoms with Crippen molar-refractivity contribution in [2.45, 2.75) is 19.5 Å². The van der Waals surface area contributed by atoms with Gasteiger partial charge in [0.25, 0.3) is 11.5 Å². The van der Waals surface area contributed by atoms with Gasteiger partial charge in [0.2, 0.25) is 0 Å². The zero-order valence-corrected chi connectivity index (χ0v) is 22.1. The van der Waals surface area contributed by atoms with Crippen LogP contribution in [0.2, 0.25) is 10.0 Å². The average Bonchev–Trinajstić information content (AvgIpc) is 3.46. The molecule has 1 amide bonds. The number of nitrogens with zero attached hydrogens (tertiary/aromatic N) is 3. The molecule has 5 rings (SSSR count). The first-order valence-electron chi connectivity index (χ1n) is 11.8. The molecule has 2 heterocycles. The number of hydrogen-bond acceptors (Lipinski definition) is 5. The molecule has 0 fully saturated rings. The van der Waals surface area contributed by atoms with Crippen LogP contribution in [0.1, 0.15) is 34.9 Å². The normalized spacial score (nSPS) is 11.9. The Morgan fingerprint density at radius 1 is 1.03 bits per heavy atom. The van der Waals surface area contributed by atoms with E-state index < -0.39 is 6.04 Å². The number of aromatic nitrogens is 2. The van der Waals surface area contributed by atoms with Crippen LogP contribution in [0, 0.1) is 0 Å². The predicted molar refractivity (Wildman–Crippen MR) is 147 cm³/mol. The van der Waals surface area contributed by atoms with Gasteiger partial charge in [-0.1, -0.05) is 47.5 Å². The van der Waals surface area contributed by atoms with E-state index in [1.165, 1.54) is 10.6 Å². The van der Waals surface area contributed by atoms with Crippen molar-refractivity contribution in [1.29, 1.82) is 0 Å². The lowest BCUT2D eigenvalue weighted by Gasteiger charge is -2.30. The largest absolute Gasteiger partial charge is 0.495 e. The predicted octanol–water partition coefficient (Wildman–Crippen LogP) is 6.70. The molecule has 1 unspecified atom stereocenters. The Kier molecular flexibility index (Phi) is 7.22. The van der Waals surface area contributed by atoms with Crippen LogP contribution in [0.15, 0.2) is 94.3 Å². The number of benzene rings is 3. The minimum Gasteiger partial charge on any atom is -0.495 e. The van der Waals surface area contributed by atoms with Gasteiger partial charge in [-0.05, 0) is 61.5 Å². The smallest absolute Gasteiger partial charge is 0.266 e. The van der Waals surface area contributed by atoms with E-state index in [0.29, 0.717) is 44.5 Å². The van der Waals surface area contributed by atoms with E-state index >= 15 is 0 Å². The molecule has 0 saturated heterocycles. The highest BCUT2D eigenvalue weighted by Crippen LogP contribution is 2.30. The Labute approximate surface area is 228 Å². The fraction of sp³-hybridized carbons (Fsp3) is 0.138. The maximum absolute atomic E-state index is 13.9. The van der Waals surface area contributed by atoms with E-state index in [9.17, 15) is 9.59 Å². The molecule has 192 valence electrons. The zero-order chi connectivity index (χ0) is 26.8. The summed E-state index contributed by atoms with van der Waals surface area (Å²) >= 11 is 12.3. The average molecular weight is 548 g/mol. The topological polar surface area (TPSA) is 77.6 Å². The van der Waals surface area contributed by atoms with Crippen LogP contribution in [0.25, 0.3) is 16.6 Å². The van der Waals surface area contributed by atoms with E-state index in [2.05, 4.69) is 0 Å². The highest BCUT2D eigenvalue weighted by molar-refractivity contribution is 6.42. The van der Waals surface area contributed by atoms with E-state index in [4.69, 9.17) is 37.3 Å². The third-order valence-corrected chi connectivity index (χ3v) is 7.04. The third-order valence-electron chi connectivity index (χ3n) is 6.30. The fourth-order valence-electron chi connectivity index (χ4n) is 4.37. The summed E-state index contributed by atoms with van der Waals surface area (Å²) < 4.78 is 12.7. The molecule has 9 heteroatoms. The number of ether oxygens (including phenoxy) is 1. The van der Waals surface area contributed by atoms with Gasteiger partial charge in [0.1, 0.15) is 17.3 Å². The molecule has 0 aliphatic heterocycles. The molecule has 2 aromatic heterocycles. The van der Waals surface area contributed by atoms with Gasteiger partial charge in [0, 0.05) is 5.56 Å². The summed E-state index contributed by atoms with van der Waals surface area (Å²) in [5.74, 6) is 1.09. The van der Waals surface area contributed by atoms with Crippen molar-refractivity contribution in [3.63, 3.8) is 0 Å². The SMILES string of the molecule is COc1ccccc1-n1c(C(C)N(Cc2ccco2)C(=O)c2ccc(Cl)c(Cl)c2)nc2ccccc2c1=O. The summed E-state index contributed by atoms with van der Waals surface area (Å²) in [6.45, 7) is 1.95. The lowest BCUT2D eigenvalue weighted by Crippen LogP contribution is -2.37. The molecule has 0 saturated carbocycles. The van der Waals surface area contributed by atoms with Gasteiger partial charge in [0.05, 0.1) is 52.6 Å². The first-order valence-corrected chi connectivity index (χ1v) is 12.6. The van der Waals surface area contributed by atoms with Gasteiger partial charge in [-0.3, -0.25) is 14.2 Å². The quantitative estimate of drug-likeness (QED) is 0.226. The summed E-state index contributed by atoms with van der Waals surface area (Å²) in [5.41, 5.74) is 1.09. The molecule has 38 heavy (non-hydrogen) atoms. The molecule has 0 aliphatic carbocycles. The Balaban J connectivity index is 1.72. The molecule has 0 spiro atoms. The molecular formula is C29H23Cl2N3O4. The summed E-state index contributed by atoms with van der Waals surface area (Å²) in [6, 6.07) is 21.9. The molecule has 3 aromatic carbocycles. The second-order valence-electron chi connectivity index (χ2n) is 8.62. The number of amides is 1. The highest BCUT2D eigenvalue weighted by atomic mass is 35.5. The highest BCUT2D eigenvalue weighted by Gasteiger charge is 2.29. The van der Waals surface area contributed by atoms with Crippen LogP contribution in [0.5, 0.6) is 5.75 Å². The van der Waals surface area contributed by atoms with Crippen LogP contribution in [0.4, 0.5) is 0 Å². The Bertz CT molecular complexity index is 1680. The van der Waals surface area contributed by atoms with Gasteiger partial charge in [-0.2, -0.15) is 0 Å². The number of para-hydroxylation sites is 3. The number of carbonyl (C=O) groups is 1. The first-order chi connectivity index (χ1) is 18.4. The van der Waals surface area contributed by atoms with Crippen molar-refractivity contribution in [2.75, 3.05) is 7.11 Å². The number of methoxy groups -OCH3 is 1. The van der Waals surface area contributed by atoms with Crippen LogP contribution in [-0.4, -0.2) is 27.5 Å². The van der Waals surface area contributed by atoms with Crippen LogP contribution in [-0.2, 0) is 6.54 Å². The number of halogens is 2. The minimum atomic E-state index is -0.677. The van der Waals surface area contributed by atoms with Crippen molar-refractivity contribution >= 4 is 40.0 Å². The molecule has 0 aliphatic rings. The lowest BCUT2D eigenvalue weighted by atomic mass is 10.1. The van der Waals surface area contributed by atoms with E-state index in [1.807, 2.05) is 25.1 Å². The molecule has 0 N–H and O–H groups in total. The number of hydrogen-bond donors (Lipinski definition) is 0. The minimum absolute atomic E-state index is 0.127. The Morgan fingerprint density at radius 2 is 1.79 bits per heavy atom. The maximum atomic E-state index is 13.9. The second kappa shape index (κ2) is 10.7. The fourth-order valence-corrected chi connectivity index (χ4v) is 4.66. The van der Waals surface area contributed by atoms with Crippen molar-refractivity contribution in [1.82, 2.24) is 14.5 Å².